The summed E-state index contributed by atoms with van der Waals surface area (Å²) in [6.45, 7) is 1.49. The number of aromatic nitrogens is 4. The van der Waals surface area contributed by atoms with Crippen molar-refractivity contribution in [3.63, 3.8) is 0 Å². The van der Waals surface area contributed by atoms with Crippen LogP contribution in [0.25, 0.3) is 11.0 Å². The van der Waals surface area contributed by atoms with E-state index in [0.717, 1.165) is 16.9 Å². The van der Waals surface area contributed by atoms with Gasteiger partial charge < -0.3 is 14.6 Å². The van der Waals surface area contributed by atoms with Crippen LogP contribution < -0.4 is 5.32 Å². The van der Waals surface area contributed by atoms with Gasteiger partial charge in [0.05, 0.1) is 29.2 Å². The molecule has 1 atom stereocenters. The molecule has 0 aliphatic carbocycles. The Labute approximate surface area is 132 Å². The first kappa shape index (κ1) is 13.8. The molecule has 2 aromatic heterocycles. The van der Waals surface area contributed by atoms with Gasteiger partial charge in [0.15, 0.2) is 0 Å². The number of ether oxygens (including phenoxy) is 1. The highest BCUT2D eigenvalue weighted by Crippen LogP contribution is 2.25. The van der Waals surface area contributed by atoms with E-state index in [4.69, 9.17) is 4.74 Å². The number of carbonyl (C=O) groups is 1. The summed E-state index contributed by atoms with van der Waals surface area (Å²) in [7, 11) is 0. The predicted molar refractivity (Wildman–Crippen MR) is 82.8 cm³/mol. The lowest BCUT2D eigenvalue weighted by molar-refractivity contribution is 0.0553. The molecule has 1 aliphatic heterocycles. The van der Waals surface area contributed by atoms with Crippen molar-refractivity contribution in [2.24, 2.45) is 0 Å². The number of nitrogens with one attached hydrogen (secondary N) is 1. The van der Waals surface area contributed by atoms with Crippen molar-refractivity contribution in [3.8, 4) is 0 Å². The second-order valence-corrected chi connectivity index (χ2v) is 5.39. The molecule has 1 aromatic carbocycles. The van der Waals surface area contributed by atoms with Crippen LogP contribution in [0.1, 0.15) is 22.2 Å². The van der Waals surface area contributed by atoms with Crippen molar-refractivity contribution in [2.45, 2.75) is 12.6 Å². The number of imidazole rings is 1. The average Bonchev–Trinajstić information content (AvgIpc) is 2.99. The van der Waals surface area contributed by atoms with Crippen molar-refractivity contribution in [1.82, 2.24) is 24.8 Å². The third-order valence-corrected chi connectivity index (χ3v) is 3.90. The van der Waals surface area contributed by atoms with Gasteiger partial charge in [-0.1, -0.05) is 12.1 Å². The standard InChI is InChI=1S/C16H15N5O2/c22-16(11-5-17-10-18-6-11)19-7-12-8-23-9-15-20-13-3-1-2-4-14(13)21(12)15/h1-6,10,12H,7-9H2,(H,19,22). The van der Waals surface area contributed by atoms with E-state index in [9.17, 15) is 4.79 Å². The van der Waals surface area contributed by atoms with Gasteiger partial charge in [0, 0.05) is 18.9 Å². The Morgan fingerprint density at radius 3 is 3.00 bits per heavy atom. The van der Waals surface area contributed by atoms with E-state index in [1.165, 1.54) is 18.7 Å². The van der Waals surface area contributed by atoms with Gasteiger partial charge in [0.25, 0.3) is 5.91 Å². The molecule has 116 valence electrons. The minimum atomic E-state index is -0.192. The highest BCUT2D eigenvalue weighted by atomic mass is 16.5. The van der Waals surface area contributed by atoms with Crippen molar-refractivity contribution in [3.05, 3.63) is 54.4 Å². The third kappa shape index (κ3) is 2.55. The largest absolute Gasteiger partial charge is 0.371 e. The Balaban J connectivity index is 1.56. The Kier molecular flexibility index (Phi) is 3.47. The molecule has 0 saturated carbocycles. The van der Waals surface area contributed by atoms with Crippen molar-refractivity contribution in [1.29, 1.82) is 0 Å². The van der Waals surface area contributed by atoms with Gasteiger partial charge in [-0.25, -0.2) is 15.0 Å². The van der Waals surface area contributed by atoms with Crippen LogP contribution in [0.5, 0.6) is 0 Å². The molecule has 7 heteroatoms. The van der Waals surface area contributed by atoms with Crippen LogP contribution in [-0.4, -0.2) is 38.6 Å². The smallest absolute Gasteiger partial charge is 0.254 e. The zero-order chi connectivity index (χ0) is 15.6. The SMILES string of the molecule is O=C(NCC1COCc2nc3ccccc3n21)c1cncnc1. The molecule has 7 nitrogen and oxygen atoms in total. The predicted octanol–water partition coefficient (Wildman–Crippen LogP) is 1.33. The maximum absolute atomic E-state index is 12.1. The van der Waals surface area contributed by atoms with Crippen LogP contribution >= 0.6 is 0 Å². The van der Waals surface area contributed by atoms with Crippen LogP contribution in [0.3, 0.4) is 0 Å². The monoisotopic (exact) mass is 309 g/mol. The number of hydrogen-bond donors (Lipinski definition) is 1. The van der Waals surface area contributed by atoms with Gasteiger partial charge in [-0.15, -0.1) is 0 Å². The minimum Gasteiger partial charge on any atom is -0.371 e. The Morgan fingerprint density at radius 1 is 1.30 bits per heavy atom. The van der Waals surface area contributed by atoms with Crippen LogP contribution in [0.15, 0.2) is 43.0 Å². The normalized spacial score (nSPS) is 17.0. The topological polar surface area (TPSA) is 81.9 Å². The number of para-hydroxylation sites is 2. The van der Waals surface area contributed by atoms with Crippen molar-refractivity contribution >= 4 is 16.9 Å². The van der Waals surface area contributed by atoms with Crippen LogP contribution in [0, 0.1) is 0 Å². The first-order valence-electron chi connectivity index (χ1n) is 7.40. The summed E-state index contributed by atoms with van der Waals surface area (Å²) in [5.41, 5.74) is 2.45. The molecule has 1 aliphatic rings. The van der Waals surface area contributed by atoms with Crippen LogP contribution in [0.4, 0.5) is 0 Å². The number of amides is 1. The van der Waals surface area contributed by atoms with Gasteiger partial charge in [-0.05, 0) is 12.1 Å². The van der Waals surface area contributed by atoms with E-state index < -0.39 is 0 Å². The van der Waals surface area contributed by atoms with Gasteiger partial charge in [0.1, 0.15) is 18.8 Å². The van der Waals surface area contributed by atoms with E-state index >= 15 is 0 Å². The molecule has 0 bridgehead atoms. The number of fused-ring (bicyclic) bond motifs is 3. The Bertz CT molecular complexity index is 846. The molecular formula is C16H15N5O2. The summed E-state index contributed by atoms with van der Waals surface area (Å²) in [6, 6.07) is 7.99. The minimum absolute atomic E-state index is 0.0136. The lowest BCUT2D eigenvalue weighted by atomic mass is 10.2. The lowest BCUT2D eigenvalue weighted by Crippen LogP contribution is -2.35. The highest BCUT2D eigenvalue weighted by Gasteiger charge is 2.24. The molecule has 0 saturated heterocycles. The molecule has 1 amide bonds. The molecule has 3 aromatic rings. The molecule has 0 fully saturated rings. The Hall–Kier alpha value is -2.80. The quantitative estimate of drug-likeness (QED) is 0.789. The van der Waals surface area contributed by atoms with Gasteiger partial charge >= 0.3 is 0 Å². The maximum Gasteiger partial charge on any atom is 0.254 e. The summed E-state index contributed by atoms with van der Waals surface area (Å²) < 4.78 is 7.77. The van der Waals surface area contributed by atoms with E-state index in [-0.39, 0.29) is 11.9 Å². The zero-order valence-electron chi connectivity index (χ0n) is 12.3. The highest BCUT2D eigenvalue weighted by molar-refractivity contribution is 5.93. The third-order valence-electron chi connectivity index (χ3n) is 3.90. The molecule has 0 spiro atoms. The summed E-state index contributed by atoms with van der Waals surface area (Å²) >= 11 is 0. The van der Waals surface area contributed by atoms with Crippen molar-refractivity contribution < 1.29 is 9.53 Å². The zero-order valence-corrected chi connectivity index (χ0v) is 12.3. The van der Waals surface area contributed by atoms with E-state index in [1.807, 2.05) is 24.3 Å². The number of benzene rings is 1. The van der Waals surface area contributed by atoms with Gasteiger partial charge in [-0.3, -0.25) is 4.79 Å². The van der Waals surface area contributed by atoms with Crippen LogP contribution in [0.2, 0.25) is 0 Å². The summed E-state index contributed by atoms with van der Waals surface area (Å²) in [5, 5.41) is 2.92. The molecule has 0 radical (unpaired) electrons. The fraction of sp³-hybridized carbons (Fsp3) is 0.250. The fourth-order valence-corrected chi connectivity index (χ4v) is 2.84. The molecule has 1 N–H and O–H groups in total. The van der Waals surface area contributed by atoms with Gasteiger partial charge in [0.2, 0.25) is 0 Å². The van der Waals surface area contributed by atoms with Crippen molar-refractivity contribution in [2.75, 3.05) is 13.2 Å². The summed E-state index contributed by atoms with van der Waals surface area (Å²) in [4.78, 5) is 24.5. The molecular weight excluding hydrogens is 294 g/mol. The first-order chi connectivity index (χ1) is 11.3. The first-order valence-corrected chi connectivity index (χ1v) is 7.40. The molecule has 23 heavy (non-hydrogen) atoms. The lowest BCUT2D eigenvalue weighted by Gasteiger charge is -2.26. The molecule has 3 heterocycles. The molecule has 1 unspecified atom stereocenters. The Morgan fingerprint density at radius 2 is 2.13 bits per heavy atom. The second-order valence-electron chi connectivity index (χ2n) is 5.39. The number of carbonyl (C=O) groups excluding carboxylic acids is 1. The number of nitrogens with zero attached hydrogens (tertiary/aromatic N) is 4. The fourth-order valence-electron chi connectivity index (χ4n) is 2.84. The van der Waals surface area contributed by atoms with E-state index in [2.05, 4.69) is 24.8 Å². The summed E-state index contributed by atoms with van der Waals surface area (Å²) in [5.74, 6) is 0.696. The number of rotatable bonds is 3. The second kappa shape index (κ2) is 5.77. The van der Waals surface area contributed by atoms with Gasteiger partial charge in [-0.2, -0.15) is 0 Å². The average molecular weight is 309 g/mol. The summed E-state index contributed by atoms with van der Waals surface area (Å²) in [6.07, 6.45) is 4.39. The van der Waals surface area contributed by atoms with Crippen LogP contribution in [-0.2, 0) is 11.3 Å². The van der Waals surface area contributed by atoms with E-state index in [1.54, 1.807) is 0 Å². The van der Waals surface area contributed by atoms with E-state index in [0.29, 0.717) is 25.3 Å². The maximum atomic E-state index is 12.1. The molecule has 4 rings (SSSR count). The number of hydrogen-bond acceptors (Lipinski definition) is 5.